The SMILES string of the molecule is c1ccc(-n2c3ccccc3c3ccc(-c4ccc5c(n4)c4ccccc4n5-c4ccccc4)cc32)cc1. The molecule has 0 saturated carbocycles. The standard InChI is InChI=1S/C35H23N3/c1-3-11-25(12-4-1)37-32-18-10-8-16-29(32)35-33(37)22-21-30(36-35)24-19-20-28-27-15-7-9-17-31(27)38(34(28)23-24)26-13-5-2-6-14-26/h1-23H. The molecule has 0 radical (unpaired) electrons. The van der Waals surface area contributed by atoms with Gasteiger partial charge in [0.25, 0.3) is 0 Å². The lowest BCUT2D eigenvalue weighted by Crippen LogP contribution is -1.94. The summed E-state index contributed by atoms with van der Waals surface area (Å²) in [5.74, 6) is 0. The van der Waals surface area contributed by atoms with Gasteiger partial charge in [0.1, 0.15) is 0 Å². The summed E-state index contributed by atoms with van der Waals surface area (Å²) >= 11 is 0. The lowest BCUT2D eigenvalue weighted by Gasteiger charge is -2.09. The first-order chi connectivity index (χ1) is 18.9. The third kappa shape index (κ3) is 3.06. The summed E-state index contributed by atoms with van der Waals surface area (Å²) in [4.78, 5) is 5.25. The van der Waals surface area contributed by atoms with Crippen molar-refractivity contribution in [1.29, 1.82) is 0 Å². The zero-order chi connectivity index (χ0) is 25.1. The topological polar surface area (TPSA) is 22.8 Å². The first-order valence-corrected chi connectivity index (χ1v) is 12.9. The van der Waals surface area contributed by atoms with Gasteiger partial charge in [0.05, 0.1) is 33.3 Å². The highest BCUT2D eigenvalue weighted by atomic mass is 15.0. The van der Waals surface area contributed by atoms with Crippen LogP contribution in [-0.4, -0.2) is 14.1 Å². The average molecular weight is 486 g/mol. The molecule has 8 rings (SSSR count). The largest absolute Gasteiger partial charge is 0.309 e. The summed E-state index contributed by atoms with van der Waals surface area (Å²) in [6.45, 7) is 0. The number of rotatable bonds is 3. The molecule has 0 aliphatic rings. The van der Waals surface area contributed by atoms with Crippen molar-refractivity contribution in [2.45, 2.75) is 0 Å². The minimum absolute atomic E-state index is 0.972. The van der Waals surface area contributed by atoms with Crippen LogP contribution in [0.3, 0.4) is 0 Å². The Morgan fingerprint density at radius 1 is 0.395 bits per heavy atom. The van der Waals surface area contributed by atoms with Crippen molar-refractivity contribution in [3.8, 4) is 22.6 Å². The number of hydrogen-bond acceptors (Lipinski definition) is 1. The van der Waals surface area contributed by atoms with Gasteiger partial charge in [0.2, 0.25) is 0 Å². The number of nitrogens with zero attached hydrogens (tertiary/aromatic N) is 3. The predicted octanol–water partition coefficient (Wildman–Crippen LogP) is 8.94. The van der Waals surface area contributed by atoms with Crippen LogP contribution in [-0.2, 0) is 0 Å². The number of hydrogen-bond donors (Lipinski definition) is 0. The maximum atomic E-state index is 5.25. The molecule has 0 saturated heterocycles. The van der Waals surface area contributed by atoms with Crippen molar-refractivity contribution in [3.05, 3.63) is 140 Å². The van der Waals surface area contributed by atoms with Crippen molar-refractivity contribution in [1.82, 2.24) is 14.1 Å². The lowest BCUT2D eigenvalue weighted by molar-refractivity contribution is 1.17. The molecular weight excluding hydrogens is 462 g/mol. The monoisotopic (exact) mass is 485 g/mol. The Hall–Kier alpha value is -5.15. The van der Waals surface area contributed by atoms with Crippen LogP contribution in [0.15, 0.2) is 140 Å². The van der Waals surface area contributed by atoms with Crippen molar-refractivity contribution < 1.29 is 0 Å². The van der Waals surface area contributed by atoms with Gasteiger partial charge in [-0.2, -0.15) is 0 Å². The van der Waals surface area contributed by atoms with E-state index < -0.39 is 0 Å². The van der Waals surface area contributed by atoms with Gasteiger partial charge in [-0.1, -0.05) is 84.9 Å². The first kappa shape index (κ1) is 21.0. The molecule has 0 bridgehead atoms. The van der Waals surface area contributed by atoms with E-state index in [4.69, 9.17) is 4.98 Å². The number of para-hydroxylation sites is 4. The average Bonchev–Trinajstić information content (AvgIpc) is 3.50. The van der Waals surface area contributed by atoms with Crippen molar-refractivity contribution >= 4 is 43.7 Å². The van der Waals surface area contributed by atoms with Crippen molar-refractivity contribution in [2.24, 2.45) is 0 Å². The zero-order valence-corrected chi connectivity index (χ0v) is 20.6. The maximum Gasteiger partial charge on any atom is 0.0970 e. The Kier molecular flexibility index (Phi) is 4.52. The molecule has 3 aromatic heterocycles. The predicted molar refractivity (Wildman–Crippen MR) is 158 cm³/mol. The minimum Gasteiger partial charge on any atom is -0.309 e. The fraction of sp³-hybridized carbons (Fsp3) is 0. The van der Waals surface area contributed by atoms with Crippen LogP contribution < -0.4 is 0 Å². The maximum absolute atomic E-state index is 5.25. The van der Waals surface area contributed by atoms with Gasteiger partial charge < -0.3 is 9.13 Å². The van der Waals surface area contributed by atoms with E-state index in [0.29, 0.717) is 0 Å². The van der Waals surface area contributed by atoms with Gasteiger partial charge in [0, 0.05) is 33.1 Å². The second-order valence-corrected chi connectivity index (χ2v) is 9.67. The molecule has 3 nitrogen and oxygen atoms in total. The van der Waals surface area contributed by atoms with E-state index in [2.05, 4.69) is 149 Å². The number of aromatic nitrogens is 3. The quantitative estimate of drug-likeness (QED) is 0.245. The summed E-state index contributed by atoms with van der Waals surface area (Å²) in [5, 5.41) is 3.66. The lowest BCUT2D eigenvalue weighted by atomic mass is 10.1. The second-order valence-electron chi connectivity index (χ2n) is 9.67. The van der Waals surface area contributed by atoms with Crippen LogP contribution in [0.2, 0.25) is 0 Å². The Labute approximate surface area is 219 Å². The summed E-state index contributed by atoms with van der Waals surface area (Å²) < 4.78 is 4.66. The molecule has 0 fully saturated rings. The normalized spacial score (nSPS) is 11.7. The van der Waals surface area contributed by atoms with Gasteiger partial charge in [-0.15, -0.1) is 0 Å². The molecule has 0 aliphatic carbocycles. The van der Waals surface area contributed by atoms with E-state index in [0.717, 1.165) is 44.6 Å². The molecule has 3 heterocycles. The molecule has 5 aromatic carbocycles. The first-order valence-electron chi connectivity index (χ1n) is 12.9. The van der Waals surface area contributed by atoms with Crippen LogP contribution in [0.1, 0.15) is 0 Å². The molecule has 178 valence electrons. The van der Waals surface area contributed by atoms with Crippen LogP contribution in [0.25, 0.3) is 66.4 Å². The molecule has 0 amide bonds. The van der Waals surface area contributed by atoms with E-state index in [9.17, 15) is 0 Å². The van der Waals surface area contributed by atoms with Gasteiger partial charge in [-0.3, -0.25) is 0 Å². The van der Waals surface area contributed by atoms with E-state index in [1.165, 1.54) is 21.8 Å². The Bertz CT molecular complexity index is 2120. The third-order valence-corrected chi connectivity index (χ3v) is 7.51. The smallest absolute Gasteiger partial charge is 0.0970 e. The summed E-state index contributed by atoms with van der Waals surface area (Å²) in [5.41, 5.74) is 10.1. The molecule has 0 unspecified atom stereocenters. The Morgan fingerprint density at radius 3 is 1.66 bits per heavy atom. The molecule has 8 aromatic rings. The summed E-state index contributed by atoms with van der Waals surface area (Å²) in [7, 11) is 0. The summed E-state index contributed by atoms with van der Waals surface area (Å²) in [6, 6.07) is 49.4. The fourth-order valence-corrected chi connectivity index (χ4v) is 5.83. The van der Waals surface area contributed by atoms with E-state index in [-0.39, 0.29) is 0 Å². The molecule has 0 N–H and O–H groups in total. The van der Waals surface area contributed by atoms with Crippen LogP contribution >= 0.6 is 0 Å². The summed E-state index contributed by atoms with van der Waals surface area (Å²) in [6.07, 6.45) is 0. The Morgan fingerprint density at radius 2 is 0.947 bits per heavy atom. The highest BCUT2D eigenvalue weighted by molar-refractivity contribution is 6.11. The fourth-order valence-electron chi connectivity index (χ4n) is 5.83. The van der Waals surface area contributed by atoms with Gasteiger partial charge in [-0.25, -0.2) is 4.98 Å². The van der Waals surface area contributed by atoms with Crippen molar-refractivity contribution in [3.63, 3.8) is 0 Å². The van der Waals surface area contributed by atoms with Crippen LogP contribution in [0.5, 0.6) is 0 Å². The number of benzene rings is 5. The molecule has 0 atom stereocenters. The molecular formula is C35H23N3. The van der Waals surface area contributed by atoms with Crippen LogP contribution in [0, 0.1) is 0 Å². The van der Waals surface area contributed by atoms with Crippen LogP contribution in [0.4, 0.5) is 0 Å². The Balaban J connectivity index is 1.38. The molecule has 3 heteroatoms. The van der Waals surface area contributed by atoms with Gasteiger partial charge in [0.15, 0.2) is 0 Å². The second kappa shape index (κ2) is 8.19. The number of fused-ring (bicyclic) bond motifs is 6. The van der Waals surface area contributed by atoms with E-state index >= 15 is 0 Å². The van der Waals surface area contributed by atoms with E-state index in [1.54, 1.807) is 0 Å². The molecule has 38 heavy (non-hydrogen) atoms. The van der Waals surface area contributed by atoms with E-state index in [1.807, 2.05) is 0 Å². The minimum atomic E-state index is 0.972. The molecule has 0 spiro atoms. The van der Waals surface area contributed by atoms with Crippen molar-refractivity contribution in [2.75, 3.05) is 0 Å². The highest BCUT2D eigenvalue weighted by Crippen LogP contribution is 2.36. The molecule has 0 aliphatic heterocycles. The highest BCUT2D eigenvalue weighted by Gasteiger charge is 2.16. The van der Waals surface area contributed by atoms with Gasteiger partial charge in [-0.05, 0) is 54.6 Å². The number of pyridine rings is 1. The van der Waals surface area contributed by atoms with Gasteiger partial charge >= 0.3 is 0 Å². The third-order valence-electron chi connectivity index (χ3n) is 7.51. The zero-order valence-electron chi connectivity index (χ0n) is 20.6.